The van der Waals surface area contributed by atoms with Crippen LogP contribution in [-0.4, -0.2) is 33.6 Å². The lowest BCUT2D eigenvalue weighted by Gasteiger charge is -2.09. The van der Waals surface area contributed by atoms with Crippen LogP contribution in [-0.2, 0) is 4.74 Å². The van der Waals surface area contributed by atoms with Crippen LogP contribution >= 0.6 is 11.3 Å². The van der Waals surface area contributed by atoms with Crippen LogP contribution in [0.2, 0.25) is 0 Å². The second kappa shape index (κ2) is 7.96. The molecule has 0 fully saturated rings. The summed E-state index contributed by atoms with van der Waals surface area (Å²) in [5, 5.41) is 12.7. The quantitative estimate of drug-likeness (QED) is 0.230. The third-order valence-corrected chi connectivity index (χ3v) is 4.82. The Balaban J connectivity index is 2.16. The van der Waals surface area contributed by atoms with Gasteiger partial charge >= 0.3 is 5.97 Å². The maximum atomic E-state index is 12.4. The fraction of sp³-hybridized carbons (Fsp3) is 0.158. The molecule has 3 aromatic rings. The molecule has 0 radical (unpaired) electrons. The summed E-state index contributed by atoms with van der Waals surface area (Å²) in [5.41, 5.74) is 8.07. The van der Waals surface area contributed by atoms with Crippen LogP contribution in [0.3, 0.4) is 0 Å². The van der Waals surface area contributed by atoms with E-state index in [0.29, 0.717) is 11.4 Å². The zero-order valence-corrected chi connectivity index (χ0v) is 15.7. The highest BCUT2D eigenvalue weighted by Crippen LogP contribution is 2.34. The maximum Gasteiger partial charge on any atom is 0.340 e. The van der Waals surface area contributed by atoms with Crippen molar-refractivity contribution in [3.63, 3.8) is 0 Å². The minimum Gasteiger partial charge on any atom is -0.462 e. The van der Waals surface area contributed by atoms with Gasteiger partial charge in [-0.1, -0.05) is 35.5 Å². The highest BCUT2D eigenvalue weighted by Gasteiger charge is 2.22. The Kier molecular flexibility index (Phi) is 5.46. The van der Waals surface area contributed by atoms with Gasteiger partial charge in [-0.2, -0.15) is 0 Å². The number of carbonyl (C=O) groups is 1. The molecule has 0 bridgehead atoms. The molecule has 0 aliphatic rings. The molecule has 0 atom stereocenters. The van der Waals surface area contributed by atoms with E-state index >= 15 is 0 Å². The Morgan fingerprint density at radius 3 is 2.59 bits per heavy atom. The van der Waals surface area contributed by atoms with Gasteiger partial charge in [0.1, 0.15) is 22.1 Å². The highest BCUT2D eigenvalue weighted by molar-refractivity contribution is 7.15. The smallest absolute Gasteiger partial charge is 0.340 e. The molecule has 7 nitrogen and oxygen atoms in total. The zero-order valence-electron chi connectivity index (χ0n) is 14.8. The molecule has 0 aliphatic heterocycles. The van der Waals surface area contributed by atoms with E-state index < -0.39 is 5.97 Å². The molecule has 0 aliphatic carbocycles. The van der Waals surface area contributed by atoms with Crippen LogP contribution in [0.25, 0.3) is 22.0 Å². The molecule has 0 amide bonds. The number of hydrogen-bond donors (Lipinski definition) is 2. The first kappa shape index (κ1) is 18.5. The fourth-order valence-corrected chi connectivity index (χ4v) is 3.45. The molecule has 2 aromatic heterocycles. The monoisotopic (exact) mass is 382 g/mol. The van der Waals surface area contributed by atoms with Crippen molar-refractivity contribution in [2.45, 2.75) is 13.8 Å². The lowest BCUT2D eigenvalue weighted by Crippen LogP contribution is -2.17. The van der Waals surface area contributed by atoms with Gasteiger partial charge in [-0.3, -0.25) is 0 Å². The summed E-state index contributed by atoms with van der Waals surface area (Å²) in [6.45, 7) is 3.88. The van der Waals surface area contributed by atoms with Crippen LogP contribution in [0.4, 0.5) is 0 Å². The van der Waals surface area contributed by atoms with Crippen molar-refractivity contribution >= 4 is 23.1 Å². The van der Waals surface area contributed by atoms with Gasteiger partial charge in [0, 0.05) is 10.4 Å². The average Bonchev–Trinajstić information content (AvgIpc) is 3.09. The topological polar surface area (TPSA) is 111 Å². The Morgan fingerprint density at radius 2 is 1.93 bits per heavy atom. The van der Waals surface area contributed by atoms with E-state index in [1.807, 2.05) is 37.3 Å². The zero-order chi connectivity index (χ0) is 19.4. The number of benzene rings is 1. The summed E-state index contributed by atoms with van der Waals surface area (Å²) < 4.78 is 5.13. The van der Waals surface area contributed by atoms with Gasteiger partial charge in [-0.25, -0.2) is 14.8 Å². The lowest BCUT2D eigenvalue weighted by molar-refractivity contribution is 0.0527. The molecule has 0 saturated heterocycles. The number of oxime groups is 1. The van der Waals surface area contributed by atoms with Crippen molar-refractivity contribution < 1.29 is 14.7 Å². The predicted octanol–water partition coefficient (Wildman–Crippen LogP) is 3.45. The maximum absolute atomic E-state index is 12.4. The largest absolute Gasteiger partial charge is 0.462 e. The summed E-state index contributed by atoms with van der Waals surface area (Å²) in [6.07, 6.45) is 0. The number of nitrogens with two attached hydrogens (primary N) is 1. The van der Waals surface area contributed by atoms with Gasteiger partial charge in [-0.05, 0) is 26.0 Å². The number of pyridine rings is 1. The summed E-state index contributed by atoms with van der Waals surface area (Å²) in [5.74, 6) is -0.650. The molecule has 27 heavy (non-hydrogen) atoms. The third-order valence-electron chi connectivity index (χ3n) is 3.80. The van der Waals surface area contributed by atoms with E-state index in [-0.39, 0.29) is 23.7 Å². The van der Waals surface area contributed by atoms with E-state index in [1.54, 1.807) is 13.0 Å². The Bertz CT molecular complexity index is 999. The highest BCUT2D eigenvalue weighted by atomic mass is 32.1. The molecule has 8 heteroatoms. The van der Waals surface area contributed by atoms with Crippen LogP contribution in [0.5, 0.6) is 0 Å². The van der Waals surface area contributed by atoms with Crippen molar-refractivity contribution in [3.05, 3.63) is 58.6 Å². The standard InChI is InChI=1S/C19H18N4O3S/c1-3-26-19(24)13-9-10-14(17(20)23-25)21-16(13)15-11(2)27-18(22-15)12-7-5-4-6-8-12/h4-10,25H,3H2,1-2H3,(H2,20,23). The number of aromatic nitrogens is 2. The first-order chi connectivity index (χ1) is 13.0. The van der Waals surface area contributed by atoms with Gasteiger partial charge in [0.15, 0.2) is 5.84 Å². The molecule has 0 saturated carbocycles. The second-order valence-corrected chi connectivity index (χ2v) is 6.79. The predicted molar refractivity (Wildman–Crippen MR) is 104 cm³/mol. The Labute approximate surface area is 160 Å². The van der Waals surface area contributed by atoms with Crippen molar-refractivity contribution in [2.75, 3.05) is 6.61 Å². The summed E-state index contributed by atoms with van der Waals surface area (Å²) >= 11 is 1.50. The first-order valence-electron chi connectivity index (χ1n) is 8.24. The van der Waals surface area contributed by atoms with E-state index in [2.05, 4.69) is 15.1 Å². The van der Waals surface area contributed by atoms with Crippen molar-refractivity contribution in [1.82, 2.24) is 9.97 Å². The van der Waals surface area contributed by atoms with Crippen LogP contribution in [0.15, 0.2) is 47.6 Å². The number of ether oxygens (including phenoxy) is 1. The number of carbonyl (C=O) groups excluding carboxylic acids is 1. The Morgan fingerprint density at radius 1 is 1.19 bits per heavy atom. The molecule has 1 aromatic carbocycles. The number of nitrogens with zero attached hydrogens (tertiary/aromatic N) is 3. The molecule has 3 N–H and O–H groups in total. The van der Waals surface area contributed by atoms with Gasteiger partial charge in [0.05, 0.1) is 12.2 Å². The number of amidine groups is 1. The summed E-state index contributed by atoms with van der Waals surface area (Å²) in [4.78, 5) is 22.4. The van der Waals surface area contributed by atoms with E-state index in [4.69, 9.17) is 15.7 Å². The first-order valence-corrected chi connectivity index (χ1v) is 9.06. The van der Waals surface area contributed by atoms with Crippen LogP contribution in [0, 0.1) is 6.92 Å². The number of hydrogen-bond acceptors (Lipinski definition) is 7. The average molecular weight is 382 g/mol. The van der Waals surface area contributed by atoms with Gasteiger partial charge in [-0.15, -0.1) is 11.3 Å². The van der Waals surface area contributed by atoms with E-state index in [1.165, 1.54) is 17.4 Å². The van der Waals surface area contributed by atoms with Crippen molar-refractivity contribution in [2.24, 2.45) is 10.9 Å². The molecule has 0 spiro atoms. The minimum atomic E-state index is -0.500. The summed E-state index contributed by atoms with van der Waals surface area (Å²) in [7, 11) is 0. The minimum absolute atomic E-state index is 0.150. The second-order valence-electron chi connectivity index (χ2n) is 5.59. The van der Waals surface area contributed by atoms with Crippen LogP contribution < -0.4 is 5.73 Å². The lowest BCUT2D eigenvalue weighted by atomic mass is 10.1. The number of aryl methyl sites for hydroxylation is 1. The number of rotatable bonds is 5. The van der Waals surface area contributed by atoms with E-state index in [9.17, 15) is 4.79 Å². The molecular weight excluding hydrogens is 364 g/mol. The molecule has 3 rings (SSSR count). The normalized spacial score (nSPS) is 11.4. The number of thiazole rings is 1. The number of esters is 1. The Hall–Kier alpha value is -3.26. The molecule has 2 heterocycles. The molecular formula is C19H18N4O3S. The SMILES string of the molecule is CCOC(=O)c1ccc(/C(N)=N/O)nc1-c1nc(-c2ccccc2)sc1C. The van der Waals surface area contributed by atoms with Crippen molar-refractivity contribution in [1.29, 1.82) is 0 Å². The van der Waals surface area contributed by atoms with E-state index in [0.717, 1.165) is 15.4 Å². The van der Waals surface area contributed by atoms with Crippen molar-refractivity contribution in [3.8, 4) is 22.0 Å². The molecule has 0 unspecified atom stereocenters. The van der Waals surface area contributed by atoms with Gasteiger partial charge in [0.25, 0.3) is 0 Å². The van der Waals surface area contributed by atoms with Crippen LogP contribution in [0.1, 0.15) is 27.9 Å². The summed E-state index contributed by atoms with van der Waals surface area (Å²) in [6, 6.07) is 12.8. The molecule has 138 valence electrons. The fourth-order valence-electron chi connectivity index (χ4n) is 2.53. The third kappa shape index (κ3) is 3.80. The van der Waals surface area contributed by atoms with Gasteiger partial charge < -0.3 is 15.7 Å². The van der Waals surface area contributed by atoms with Gasteiger partial charge in [0.2, 0.25) is 0 Å².